The lowest BCUT2D eigenvalue weighted by Crippen LogP contribution is -2.46. The number of aliphatic hydroxyl groups excluding tert-OH is 1. The van der Waals surface area contributed by atoms with Gasteiger partial charge in [-0.15, -0.1) is 0 Å². The lowest BCUT2D eigenvalue weighted by Gasteiger charge is -2.23. The van der Waals surface area contributed by atoms with E-state index in [2.05, 4.69) is 10.6 Å². The molecule has 1 fully saturated rings. The highest BCUT2D eigenvalue weighted by Crippen LogP contribution is 2.18. The van der Waals surface area contributed by atoms with Gasteiger partial charge in [-0.1, -0.05) is 30.3 Å². The number of aliphatic hydroxyl groups is 1. The van der Waals surface area contributed by atoms with Gasteiger partial charge in [0.1, 0.15) is 0 Å². The number of β-amino-alcohol motifs (C(OH)–C–C–N with tert-alkyl or cyclic N) is 1. The highest BCUT2D eigenvalue weighted by molar-refractivity contribution is 5.83. The first-order valence-electron chi connectivity index (χ1n) is 9.56. The summed E-state index contributed by atoms with van der Waals surface area (Å²) in [7, 11) is 1.91. The first-order chi connectivity index (χ1) is 12.9. The zero-order chi connectivity index (χ0) is 19.8. The molecule has 7 nitrogen and oxygen atoms in total. The standard InChI is InChI=1S/C20H32N4O3/c1-15(2)21-20(27)18-11-17(13-24(18)9-10-25)22-19(26)14-23(3)12-16-7-5-4-6-8-16/h4-8,15,17-18,25H,9-14H2,1-3H3,(H,21,27)(H,22,26)/t17-,18+/m1/s1. The zero-order valence-corrected chi connectivity index (χ0v) is 16.5. The van der Waals surface area contributed by atoms with Crippen LogP contribution in [0.3, 0.4) is 0 Å². The molecule has 1 aliphatic heterocycles. The summed E-state index contributed by atoms with van der Waals surface area (Å²) in [5.41, 5.74) is 1.16. The molecular weight excluding hydrogens is 344 g/mol. The van der Waals surface area contributed by atoms with Gasteiger partial charge >= 0.3 is 0 Å². The van der Waals surface area contributed by atoms with Crippen molar-refractivity contribution in [3.8, 4) is 0 Å². The van der Waals surface area contributed by atoms with Crippen molar-refractivity contribution >= 4 is 11.8 Å². The lowest BCUT2D eigenvalue weighted by molar-refractivity contribution is -0.126. The maximum Gasteiger partial charge on any atom is 0.237 e. The van der Waals surface area contributed by atoms with Gasteiger partial charge in [-0.2, -0.15) is 0 Å². The van der Waals surface area contributed by atoms with Crippen LogP contribution in [0.15, 0.2) is 30.3 Å². The average Bonchev–Trinajstić information content (AvgIpc) is 2.97. The van der Waals surface area contributed by atoms with E-state index in [9.17, 15) is 14.7 Å². The van der Waals surface area contributed by atoms with Gasteiger partial charge in [-0.25, -0.2) is 0 Å². The summed E-state index contributed by atoms with van der Waals surface area (Å²) in [6.45, 7) is 5.84. The molecule has 0 saturated carbocycles. The predicted molar refractivity (Wildman–Crippen MR) is 105 cm³/mol. The molecule has 150 valence electrons. The van der Waals surface area contributed by atoms with Crippen molar-refractivity contribution in [2.45, 2.75) is 44.9 Å². The minimum Gasteiger partial charge on any atom is -0.395 e. The summed E-state index contributed by atoms with van der Waals surface area (Å²) in [6, 6.07) is 9.68. The van der Waals surface area contributed by atoms with Crippen molar-refractivity contribution in [2.24, 2.45) is 0 Å². The van der Waals surface area contributed by atoms with E-state index in [-0.39, 0.29) is 36.5 Å². The fourth-order valence-corrected chi connectivity index (χ4v) is 3.51. The minimum absolute atomic E-state index is 0.00800. The molecule has 0 unspecified atom stereocenters. The molecule has 0 aliphatic carbocycles. The number of amides is 2. The van der Waals surface area contributed by atoms with Crippen LogP contribution in [0.2, 0.25) is 0 Å². The van der Waals surface area contributed by atoms with Crippen molar-refractivity contribution in [3.63, 3.8) is 0 Å². The van der Waals surface area contributed by atoms with Gasteiger partial charge in [0, 0.05) is 31.7 Å². The van der Waals surface area contributed by atoms with Crippen LogP contribution in [0.5, 0.6) is 0 Å². The Morgan fingerprint density at radius 3 is 2.63 bits per heavy atom. The van der Waals surface area contributed by atoms with E-state index in [1.807, 2.05) is 61.0 Å². The maximum absolute atomic E-state index is 12.4. The molecular formula is C20H32N4O3. The summed E-state index contributed by atoms with van der Waals surface area (Å²) in [5.74, 6) is -0.0938. The Bertz CT molecular complexity index is 609. The Labute approximate surface area is 161 Å². The molecule has 0 spiro atoms. The highest BCUT2D eigenvalue weighted by atomic mass is 16.3. The number of benzene rings is 1. The quantitative estimate of drug-likeness (QED) is 0.573. The van der Waals surface area contributed by atoms with Gasteiger partial charge in [0.15, 0.2) is 0 Å². The smallest absolute Gasteiger partial charge is 0.237 e. The minimum atomic E-state index is -0.313. The van der Waals surface area contributed by atoms with Crippen LogP contribution in [0.1, 0.15) is 25.8 Å². The van der Waals surface area contributed by atoms with Crippen LogP contribution < -0.4 is 10.6 Å². The van der Waals surface area contributed by atoms with Crippen LogP contribution in [-0.2, 0) is 16.1 Å². The molecule has 2 rings (SSSR count). The Kier molecular flexibility index (Phi) is 8.22. The second-order valence-corrected chi connectivity index (χ2v) is 7.56. The van der Waals surface area contributed by atoms with Crippen LogP contribution in [0, 0.1) is 0 Å². The monoisotopic (exact) mass is 376 g/mol. The van der Waals surface area contributed by atoms with Crippen LogP contribution >= 0.6 is 0 Å². The van der Waals surface area contributed by atoms with Crippen molar-refractivity contribution in [3.05, 3.63) is 35.9 Å². The topological polar surface area (TPSA) is 84.9 Å². The summed E-state index contributed by atoms with van der Waals surface area (Å²) >= 11 is 0. The van der Waals surface area contributed by atoms with E-state index < -0.39 is 0 Å². The molecule has 0 bridgehead atoms. The summed E-state index contributed by atoms with van der Waals surface area (Å²) in [6.07, 6.45) is 0.562. The third-order valence-electron chi connectivity index (χ3n) is 4.60. The number of nitrogens with zero attached hydrogens (tertiary/aromatic N) is 2. The van der Waals surface area contributed by atoms with Gasteiger partial charge in [-0.05, 0) is 32.9 Å². The van der Waals surface area contributed by atoms with Crippen molar-refractivity contribution in [1.82, 2.24) is 20.4 Å². The third kappa shape index (κ3) is 6.93. The Morgan fingerprint density at radius 2 is 2.00 bits per heavy atom. The van der Waals surface area contributed by atoms with Crippen LogP contribution in [0.25, 0.3) is 0 Å². The van der Waals surface area contributed by atoms with Gasteiger partial charge in [0.25, 0.3) is 0 Å². The van der Waals surface area contributed by atoms with E-state index in [1.165, 1.54) is 0 Å². The number of hydrogen-bond acceptors (Lipinski definition) is 5. The second kappa shape index (κ2) is 10.4. The number of carbonyl (C=O) groups is 2. The van der Waals surface area contributed by atoms with E-state index in [0.717, 1.165) is 5.56 Å². The molecule has 2 amide bonds. The first kappa shape index (κ1) is 21.3. The van der Waals surface area contributed by atoms with Crippen LogP contribution in [-0.4, -0.2) is 78.1 Å². The fraction of sp³-hybridized carbons (Fsp3) is 0.600. The zero-order valence-electron chi connectivity index (χ0n) is 16.5. The maximum atomic E-state index is 12.4. The highest BCUT2D eigenvalue weighted by Gasteiger charge is 2.37. The Balaban J connectivity index is 1.84. The lowest BCUT2D eigenvalue weighted by atomic mass is 10.1. The summed E-state index contributed by atoms with van der Waals surface area (Å²) < 4.78 is 0. The molecule has 0 radical (unpaired) electrons. The summed E-state index contributed by atoms with van der Waals surface area (Å²) in [5, 5.41) is 15.2. The van der Waals surface area contributed by atoms with E-state index in [0.29, 0.717) is 32.6 Å². The van der Waals surface area contributed by atoms with Crippen molar-refractivity contribution in [2.75, 3.05) is 33.3 Å². The SMILES string of the molecule is CC(C)NC(=O)[C@@H]1C[C@@H](NC(=O)CN(C)Cc2ccccc2)CN1CCO. The molecule has 0 aromatic heterocycles. The number of hydrogen-bond donors (Lipinski definition) is 3. The van der Waals surface area contributed by atoms with Gasteiger partial charge in [0.05, 0.1) is 19.2 Å². The van der Waals surface area contributed by atoms with Crippen molar-refractivity contribution in [1.29, 1.82) is 0 Å². The first-order valence-corrected chi connectivity index (χ1v) is 9.56. The Hall–Kier alpha value is -1.96. The van der Waals surface area contributed by atoms with E-state index >= 15 is 0 Å². The average molecular weight is 377 g/mol. The van der Waals surface area contributed by atoms with Gasteiger partial charge < -0.3 is 15.7 Å². The fourth-order valence-electron chi connectivity index (χ4n) is 3.51. The Morgan fingerprint density at radius 1 is 1.30 bits per heavy atom. The largest absolute Gasteiger partial charge is 0.395 e. The second-order valence-electron chi connectivity index (χ2n) is 7.56. The predicted octanol–water partition coefficient (Wildman–Crippen LogP) is 0.194. The molecule has 27 heavy (non-hydrogen) atoms. The van der Waals surface area contributed by atoms with Crippen LogP contribution in [0.4, 0.5) is 0 Å². The molecule has 1 aromatic carbocycles. The number of nitrogens with one attached hydrogen (secondary N) is 2. The number of rotatable bonds is 9. The van der Waals surface area contributed by atoms with Crippen molar-refractivity contribution < 1.29 is 14.7 Å². The van der Waals surface area contributed by atoms with Gasteiger partial charge in [-0.3, -0.25) is 19.4 Å². The molecule has 1 aliphatic rings. The normalized spacial score (nSPS) is 20.2. The number of likely N-dealkylation sites (tertiary alicyclic amines) is 1. The third-order valence-corrected chi connectivity index (χ3v) is 4.60. The molecule has 1 saturated heterocycles. The van der Waals surface area contributed by atoms with Gasteiger partial charge in [0.2, 0.25) is 11.8 Å². The number of likely N-dealkylation sites (N-methyl/N-ethyl adjacent to an activating group) is 1. The summed E-state index contributed by atoms with van der Waals surface area (Å²) in [4.78, 5) is 28.7. The van der Waals surface area contributed by atoms with E-state index in [4.69, 9.17) is 0 Å². The molecule has 2 atom stereocenters. The van der Waals surface area contributed by atoms with E-state index in [1.54, 1.807) is 0 Å². The molecule has 7 heteroatoms. The molecule has 3 N–H and O–H groups in total. The number of carbonyl (C=O) groups excluding carboxylic acids is 2. The molecule has 1 heterocycles. The molecule has 1 aromatic rings.